The minimum Gasteiger partial charge on any atom is -0.392 e. The van der Waals surface area contributed by atoms with Crippen LogP contribution in [-0.2, 0) is 14.3 Å². The van der Waals surface area contributed by atoms with Crippen molar-refractivity contribution in [2.45, 2.75) is 77.5 Å². The Morgan fingerprint density at radius 1 is 1.27 bits per heavy atom. The molecule has 2 heterocycles. The zero-order valence-electron chi connectivity index (χ0n) is 18.6. The van der Waals surface area contributed by atoms with Crippen LogP contribution in [0.2, 0.25) is 0 Å². The zero-order valence-corrected chi connectivity index (χ0v) is 18.6. The summed E-state index contributed by atoms with van der Waals surface area (Å²) in [5, 5.41) is 19.8. The molecule has 2 aliphatic heterocycles. The van der Waals surface area contributed by atoms with Crippen molar-refractivity contribution in [3.05, 3.63) is 58.7 Å². The minimum absolute atomic E-state index is 0.0991. The van der Waals surface area contributed by atoms with Crippen LogP contribution in [0.25, 0.3) is 0 Å². The Labute approximate surface area is 179 Å². The predicted molar refractivity (Wildman–Crippen MR) is 117 cm³/mol. The standard InChI is InChI=1S/C25H34O5/c1-16(7-6-8-24(4,5)28)9-20-10-17(2)13-25(29-20)14-19(15-26)21-12-22(27)18(3)11-23(21)30-25/h6,8-9,11,13-14,20-21,23,26,28H,7,10,12,15H2,1-5H3/t20-,21-,23-,25+/m0/s1. The predicted octanol–water partition coefficient (Wildman–Crippen LogP) is 3.93. The van der Waals surface area contributed by atoms with Crippen molar-refractivity contribution in [2.75, 3.05) is 6.61 Å². The van der Waals surface area contributed by atoms with Gasteiger partial charge in [-0.2, -0.15) is 0 Å². The third-order valence-corrected chi connectivity index (χ3v) is 5.76. The van der Waals surface area contributed by atoms with Crippen LogP contribution in [0.5, 0.6) is 0 Å². The number of hydrogen-bond donors (Lipinski definition) is 2. The summed E-state index contributed by atoms with van der Waals surface area (Å²) < 4.78 is 12.8. The molecule has 0 aromatic rings. The number of ketones is 1. The van der Waals surface area contributed by atoms with Gasteiger partial charge in [-0.15, -0.1) is 0 Å². The number of ether oxygens (including phenoxy) is 2. The molecular weight excluding hydrogens is 380 g/mol. The fourth-order valence-corrected chi connectivity index (χ4v) is 4.35. The van der Waals surface area contributed by atoms with E-state index in [0.29, 0.717) is 12.0 Å². The Hall–Kier alpha value is -1.79. The summed E-state index contributed by atoms with van der Waals surface area (Å²) in [5.41, 5.74) is 2.97. The van der Waals surface area contributed by atoms with E-state index in [4.69, 9.17) is 9.47 Å². The van der Waals surface area contributed by atoms with Crippen LogP contribution in [-0.4, -0.2) is 46.2 Å². The van der Waals surface area contributed by atoms with Crippen molar-refractivity contribution in [3.63, 3.8) is 0 Å². The lowest BCUT2D eigenvalue weighted by Gasteiger charge is -2.45. The summed E-state index contributed by atoms with van der Waals surface area (Å²) in [6.45, 7) is 9.29. The van der Waals surface area contributed by atoms with Crippen LogP contribution in [0.4, 0.5) is 0 Å². The van der Waals surface area contributed by atoms with Crippen LogP contribution < -0.4 is 0 Å². The van der Waals surface area contributed by atoms with Gasteiger partial charge in [0.15, 0.2) is 5.78 Å². The SMILES string of the molecule is CC(=C[C@H]1CC(C)=C[C@@]2(C=C(CO)[C@@H]3CC(=O)C(C)=C[C@@H]3O2)O1)CC=CC(C)(C)O. The minimum atomic E-state index is -1.04. The van der Waals surface area contributed by atoms with Crippen molar-refractivity contribution in [3.8, 4) is 0 Å². The first-order chi connectivity index (χ1) is 14.0. The lowest BCUT2D eigenvalue weighted by atomic mass is 9.79. The molecule has 0 fully saturated rings. The lowest BCUT2D eigenvalue weighted by molar-refractivity contribution is -0.224. The normalized spacial score (nSPS) is 32.8. The summed E-state index contributed by atoms with van der Waals surface area (Å²) in [4.78, 5) is 12.1. The Bertz CT molecular complexity index is 836. The van der Waals surface area contributed by atoms with E-state index in [1.165, 1.54) is 0 Å². The number of aliphatic hydroxyl groups is 2. The maximum Gasteiger partial charge on any atom is 0.209 e. The summed E-state index contributed by atoms with van der Waals surface area (Å²) in [7, 11) is 0. The number of rotatable bonds is 5. The molecule has 3 rings (SSSR count). The smallest absolute Gasteiger partial charge is 0.209 e. The highest BCUT2D eigenvalue weighted by Gasteiger charge is 2.45. The van der Waals surface area contributed by atoms with Gasteiger partial charge < -0.3 is 19.7 Å². The molecule has 3 aliphatic rings. The second-order valence-corrected chi connectivity index (χ2v) is 9.39. The Balaban J connectivity index is 1.83. The van der Waals surface area contributed by atoms with Gasteiger partial charge in [-0.05, 0) is 76.8 Å². The highest BCUT2D eigenvalue weighted by atomic mass is 16.7. The van der Waals surface area contributed by atoms with E-state index in [1.54, 1.807) is 19.9 Å². The second kappa shape index (κ2) is 8.75. The van der Waals surface area contributed by atoms with E-state index in [0.717, 1.165) is 29.6 Å². The van der Waals surface area contributed by atoms with Crippen molar-refractivity contribution < 1.29 is 24.5 Å². The van der Waals surface area contributed by atoms with E-state index < -0.39 is 11.4 Å². The molecule has 1 aliphatic carbocycles. The fourth-order valence-electron chi connectivity index (χ4n) is 4.35. The van der Waals surface area contributed by atoms with E-state index in [9.17, 15) is 15.0 Å². The fraction of sp³-hybridized carbons (Fsp3) is 0.560. The van der Waals surface area contributed by atoms with Gasteiger partial charge in [0.2, 0.25) is 5.79 Å². The third-order valence-electron chi connectivity index (χ3n) is 5.76. The monoisotopic (exact) mass is 414 g/mol. The number of aliphatic hydroxyl groups excluding tert-OH is 1. The van der Waals surface area contributed by atoms with Gasteiger partial charge in [0.25, 0.3) is 0 Å². The summed E-state index contributed by atoms with van der Waals surface area (Å²) >= 11 is 0. The summed E-state index contributed by atoms with van der Waals surface area (Å²) in [6.07, 6.45) is 12.9. The number of hydrogen-bond acceptors (Lipinski definition) is 5. The molecule has 5 heteroatoms. The van der Waals surface area contributed by atoms with E-state index in [1.807, 2.05) is 38.2 Å². The number of carbonyl (C=O) groups excluding carboxylic acids is 1. The molecule has 0 amide bonds. The maximum atomic E-state index is 12.1. The first kappa shape index (κ1) is 22.9. The summed E-state index contributed by atoms with van der Waals surface area (Å²) in [6, 6.07) is 0. The number of carbonyl (C=O) groups is 1. The largest absolute Gasteiger partial charge is 0.392 e. The molecule has 0 unspecified atom stereocenters. The Morgan fingerprint density at radius 3 is 2.67 bits per heavy atom. The van der Waals surface area contributed by atoms with Gasteiger partial charge in [-0.3, -0.25) is 4.79 Å². The molecule has 0 radical (unpaired) electrons. The summed E-state index contributed by atoms with van der Waals surface area (Å²) in [5.74, 6) is -1.08. The lowest BCUT2D eigenvalue weighted by Crippen LogP contribution is -2.49. The van der Waals surface area contributed by atoms with Gasteiger partial charge in [-0.1, -0.05) is 29.4 Å². The molecule has 0 bridgehead atoms. The van der Waals surface area contributed by atoms with Gasteiger partial charge in [-0.25, -0.2) is 0 Å². The molecule has 0 saturated carbocycles. The maximum absolute atomic E-state index is 12.1. The van der Waals surface area contributed by atoms with Gasteiger partial charge in [0.1, 0.15) is 0 Å². The zero-order chi connectivity index (χ0) is 22.1. The van der Waals surface area contributed by atoms with Crippen LogP contribution in [0, 0.1) is 5.92 Å². The molecular formula is C25H34O5. The van der Waals surface area contributed by atoms with Gasteiger partial charge in [0, 0.05) is 12.3 Å². The highest BCUT2D eigenvalue weighted by molar-refractivity contribution is 5.96. The van der Waals surface area contributed by atoms with Crippen LogP contribution in [0.3, 0.4) is 0 Å². The average molecular weight is 415 g/mol. The Kier molecular flexibility index (Phi) is 6.68. The van der Waals surface area contributed by atoms with Crippen LogP contribution in [0.1, 0.15) is 53.9 Å². The number of allylic oxidation sites excluding steroid dienone is 3. The topological polar surface area (TPSA) is 76.0 Å². The van der Waals surface area contributed by atoms with Gasteiger partial charge >= 0.3 is 0 Å². The molecule has 2 N–H and O–H groups in total. The average Bonchev–Trinajstić information content (AvgIpc) is 2.60. The molecule has 30 heavy (non-hydrogen) atoms. The molecule has 0 saturated heterocycles. The molecule has 0 aromatic carbocycles. The third kappa shape index (κ3) is 5.46. The molecule has 5 nitrogen and oxygen atoms in total. The van der Waals surface area contributed by atoms with Crippen molar-refractivity contribution in [1.29, 1.82) is 0 Å². The Morgan fingerprint density at radius 2 is 2.00 bits per heavy atom. The quantitative estimate of drug-likeness (QED) is 0.667. The second-order valence-electron chi connectivity index (χ2n) is 9.39. The van der Waals surface area contributed by atoms with E-state index in [2.05, 4.69) is 13.0 Å². The van der Waals surface area contributed by atoms with Crippen molar-refractivity contribution in [1.82, 2.24) is 0 Å². The molecule has 4 atom stereocenters. The van der Waals surface area contributed by atoms with E-state index >= 15 is 0 Å². The van der Waals surface area contributed by atoms with Crippen LogP contribution in [0.15, 0.2) is 58.7 Å². The van der Waals surface area contributed by atoms with E-state index in [-0.39, 0.29) is 30.5 Å². The highest BCUT2D eigenvalue weighted by Crippen LogP contribution is 2.42. The van der Waals surface area contributed by atoms with Crippen molar-refractivity contribution in [2.24, 2.45) is 5.92 Å². The first-order valence-electron chi connectivity index (χ1n) is 10.7. The van der Waals surface area contributed by atoms with Crippen LogP contribution >= 0.6 is 0 Å². The molecule has 0 aromatic heterocycles. The first-order valence-corrected chi connectivity index (χ1v) is 10.7. The number of Topliss-reactive ketones (excluding diaryl/α,β-unsaturated/α-hetero) is 1. The van der Waals surface area contributed by atoms with Gasteiger partial charge in [0.05, 0.1) is 24.4 Å². The molecule has 164 valence electrons. The van der Waals surface area contributed by atoms with Crippen molar-refractivity contribution >= 4 is 5.78 Å². The number of fused-ring (bicyclic) bond motifs is 1. The molecule has 1 spiro atoms.